The molecule has 0 amide bonds. The summed E-state index contributed by atoms with van der Waals surface area (Å²) < 4.78 is 6.11. The van der Waals surface area contributed by atoms with Crippen LogP contribution in [0, 0.1) is 13.8 Å². The molecule has 0 aliphatic heterocycles. The lowest BCUT2D eigenvalue weighted by Crippen LogP contribution is -2.36. The molecule has 1 aliphatic carbocycles. The van der Waals surface area contributed by atoms with E-state index < -0.39 is 0 Å². The standard InChI is InChI=1S/C25H38N4O/c1-19-15-20(2)23(29-17-19)16-21(9-7-13-26)28-18-24-22(10-8-14-27-24)25(30-3)11-5-4-6-12-25/h8,10,14-15,17,21,28H,4-7,9,11-13,16,18,26H2,1-3H3. The van der Waals surface area contributed by atoms with E-state index >= 15 is 0 Å². The first-order valence-electron chi connectivity index (χ1n) is 11.4. The molecule has 5 heteroatoms. The minimum Gasteiger partial charge on any atom is -0.373 e. The van der Waals surface area contributed by atoms with E-state index in [0.717, 1.165) is 50.0 Å². The Morgan fingerprint density at radius 2 is 1.97 bits per heavy atom. The first-order chi connectivity index (χ1) is 14.6. The first-order valence-corrected chi connectivity index (χ1v) is 11.4. The third kappa shape index (κ3) is 5.65. The highest BCUT2D eigenvalue weighted by atomic mass is 16.5. The van der Waals surface area contributed by atoms with Gasteiger partial charge in [-0.1, -0.05) is 31.4 Å². The zero-order valence-electron chi connectivity index (χ0n) is 18.9. The third-order valence-corrected chi connectivity index (χ3v) is 6.51. The molecule has 1 unspecified atom stereocenters. The van der Waals surface area contributed by atoms with Crippen molar-refractivity contribution in [3.63, 3.8) is 0 Å². The first kappa shape index (κ1) is 22.9. The summed E-state index contributed by atoms with van der Waals surface area (Å²) in [7, 11) is 1.85. The second-order valence-corrected chi connectivity index (χ2v) is 8.75. The molecule has 3 rings (SSSR count). The molecule has 0 bridgehead atoms. The molecule has 30 heavy (non-hydrogen) atoms. The number of hydrogen-bond donors (Lipinski definition) is 2. The van der Waals surface area contributed by atoms with Gasteiger partial charge < -0.3 is 15.8 Å². The summed E-state index contributed by atoms with van der Waals surface area (Å²) in [5.74, 6) is 0. The van der Waals surface area contributed by atoms with Crippen LogP contribution in [0.2, 0.25) is 0 Å². The Bertz CT molecular complexity index is 801. The predicted molar refractivity (Wildman–Crippen MR) is 122 cm³/mol. The number of aryl methyl sites for hydroxylation is 2. The summed E-state index contributed by atoms with van der Waals surface area (Å²) in [6.07, 6.45) is 12.7. The maximum absolute atomic E-state index is 6.11. The van der Waals surface area contributed by atoms with Gasteiger partial charge in [0.15, 0.2) is 0 Å². The summed E-state index contributed by atoms with van der Waals surface area (Å²) in [6, 6.07) is 6.78. The minimum absolute atomic E-state index is 0.189. The normalized spacial score (nSPS) is 17.1. The summed E-state index contributed by atoms with van der Waals surface area (Å²) in [4.78, 5) is 9.44. The van der Waals surface area contributed by atoms with Crippen LogP contribution < -0.4 is 11.1 Å². The van der Waals surface area contributed by atoms with E-state index in [0.29, 0.717) is 12.6 Å². The number of nitrogens with two attached hydrogens (primary N) is 1. The van der Waals surface area contributed by atoms with Crippen LogP contribution in [0.15, 0.2) is 30.6 Å². The van der Waals surface area contributed by atoms with Crippen LogP contribution in [0.25, 0.3) is 0 Å². The van der Waals surface area contributed by atoms with Gasteiger partial charge in [-0.15, -0.1) is 0 Å². The Labute approximate surface area is 181 Å². The van der Waals surface area contributed by atoms with Crippen molar-refractivity contribution in [1.29, 1.82) is 0 Å². The van der Waals surface area contributed by atoms with Gasteiger partial charge >= 0.3 is 0 Å². The number of rotatable bonds is 10. The van der Waals surface area contributed by atoms with Crippen molar-refractivity contribution in [2.45, 2.75) is 83.4 Å². The minimum atomic E-state index is -0.189. The quantitative estimate of drug-likeness (QED) is 0.610. The molecular weight excluding hydrogens is 372 g/mol. The van der Waals surface area contributed by atoms with Crippen molar-refractivity contribution in [2.24, 2.45) is 5.73 Å². The Kier molecular flexibility index (Phi) is 8.37. The van der Waals surface area contributed by atoms with E-state index in [9.17, 15) is 0 Å². The number of aromatic nitrogens is 2. The van der Waals surface area contributed by atoms with E-state index in [1.165, 1.54) is 36.0 Å². The molecule has 0 saturated heterocycles. The van der Waals surface area contributed by atoms with Crippen molar-refractivity contribution < 1.29 is 4.74 Å². The fourth-order valence-electron chi connectivity index (χ4n) is 4.77. The van der Waals surface area contributed by atoms with Gasteiger partial charge in [0.05, 0.1) is 11.3 Å². The van der Waals surface area contributed by atoms with Gasteiger partial charge in [-0.05, 0) is 63.3 Å². The second kappa shape index (κ2) is 11.0. The maximum atomic E-state index is 6.11. The average Bonchev–Trinajstić information content (AvgIpc) is 2.78. The highest BCUT2D eigenvalue weighted by Gasteiger charge is 2.36. The smallest absolute Gasteiger partial charge is 0.0945 e. The van der Waals surface area contributed by atoms with Crippen molar-refractivity contribution >= 4 is 0 Å². The van der Waals surface area contributed by atoms with Crippen LogP contribution in [-0.4, -0.2) is 29.7 Å². The Morgan fingerprint density at radius 1 is 1.17 bits per heavy atom. The fourth-order valence-corrected chi connectivity index (χ4v) is 4.77. The van der Waals surface area contributed by atoms with Gasteiger partial charge in [0.25, 0.3) is 0 Å². The number of nitrogens with zero attached hydrogens (tertiary/aromatic N) is 2. The highest BCUT2D eigenvalue weighted by molar-refractivity contribution is 5.28. The molecule has 3 N–H and O–H groups in total. The van der Waals surface area contributed by atoms with Gasteiger partial charge in [0.2, 0.25) is 0 Å². The van der Waals surface area contributed by atoms with E-state index in [-0.39, 0.29) is 5.60 Å². The van der Waals surface area contributed by atoms with E-state index in [1.807, 2.05) is 25.6 Å². The van der Waals surface area contributed by atoms with Crippen LogP contribution in [0.1, 0.15) is 73.0 Å². The molecular formula is C25H38N4O. The Balaban J connectivity index is 1.75. The zero-order valence-corrected chi connectivity index (χ0v) is 18.9. The molecule has 2 aromatic rings. The number of pyridine rings is 2. The van der Waals surface area contributed by atoms with Gasteiger partial charge in [-0.2, -0.15) is 0 Å². The molecule has 1 aliphatic rings. The molecule has 0 radical (unpaired) electrons. The second-order valence-electron chi connectivity index (χ2n) is 8.75. The molecule has 0 aromatic carbocycles. The molecule has 1 fully saturated rings. The summed E-state index contributed by atoms with van der Waals surface area (Å²) >= 11 is 0. The van der Waals surface area contributed by atoms with Crippen LogP contribution in [0.3, 0.4) is 0 Å². The molecule has 5 nitrogen and oxygen atoms in total. The van der Waals surface area contributed by atoms with Gasteiger partial charge in [0, 0.05) is 49.8 Å². The maximum Gasteiger partial charge on any atom is 0.0945 e. The van der Waals surface area contributed by atoms with Crippen molar-refractivity contribution in [3.05, 3.63) is 58.7 Å². The lowest BCUT2D eigenvalue weighted by atomic mass is 9.78. The molecule has 0 spiro atoms. The van der Waals surface area contributed by atoms with E-state index in [4.69, 9.17) is 15.5 Å². The summed E-state index contributed by atoms with van der Waals surface area (Å²) in [5.41, 5.74) is 11.6. The van der Waals surface area contributed by atoms with Crippen molar-refractivity contribution in [3.8, 4) is 0 Å². The third-order valence-electron chi connectivity index (χ3n) is 6.51. The van der Waals surface area contributed by atoms with Crippen LogP contribution in [0.4, 0.5) is 0 Å². The number of hydrogen-bond acceptors (Lipinski definition) is 5. The molecule has 164 valence electrons. The van der Waals surface area contributed by atoms with Crippen molar-refractivity contribution in [2.75, 3.05) is 13.7 Å². The number of methoxy groups -OCH3 is 1. The van der Waals surface area contributed by atoms with E-state index in [1.54, 1.807) is 0 Å². The average molecular weight is 411 g/mol. The number of nitrogens with one attached hydrogen (secondary N) is 1. The SMILES string of the molecule is COC1(c2cccnc2CNC(CCCN)Cc2ncc(C)cc2C)CCCCC1. The van der Waals surface area contributed by atoms with Crippen LogP contribution in [-0.2, 0) is 23.3 Å². The molecule has 2 aromatic heterocycles. The monoisotopic (exact) mass is 410 g/mol. The molecule has 1 atom stereocenters. The summed E-state index contributed by atoms with van der Waals surface area (Å²) in [5, 5.41) is 3.77. The molecule has 2 heterocycles. The van der Waals surface area contributed by atoms with Gasteiger partial charge in [0.1, 0.15) is 0 Å². The van der Waals surface area contributed by atoms with Gasteiger partial charge in [-0.3, -0.25) is 9.97 Å². The largest absolute Gasteiger partial charge is 0.373 e. The predicted octanol–water partition coefficient (Wildman–Crippen LogP) is 4.34. The van der Waals surface area contributed by atoms with E-state index in [2.05, 4.69) is 36.3 Å². The van der Waals surface area contributed by atoms with Crippen LogP contribution in [0.5, 0.6) is 0 Å². The summed E-state index contributed by atoms with van der Waals surface area (Å²) in [6.45, 7) is 5.69. The lowest BCUT2D eigenvalue weighted by molar-refractivity contribution is -0.0455. The van der Waals surface area contributed by atoms with Gasteiger partial charge in [-0.25, -0.2) is 0 Å². The lowest BCUT2D eigenvalue weighted by Gasteiger charge is -2.37. The number of ether oxygens (including phenoxy) is 1. The highest BCUT2D eigenvalue weighted by Crippen LogP contribution is 2.41. The topological polar surface area (TPSA) is 73.1 Å². The fraction of sp³-hybridized carbons (Fsp3) is 0.600. The molecule has 1 saturated carbocycles. The Morgan fingerprint density at radius 3 is 2.67 bits per heavy atom. The zero-order chi connectivity index (χ0) is 21.4. The Hall–Kier alpha value is -1.82. The van der Waals surface area contributed by atoms with Crippen molar-refractivity contribution in [1.82, 2.24) is 15.3 Å². The van der Waals surface area contributed by atoms with Crippen LogP contribution >= 0.6 is 0 Å².